The lowest BCUT2D eigenvalue weighted by molar-refractivity contribution is -0.125. The van der Waals surface area contributed by atoms with Crippen molar-refractivity contribution in [3.63, 3.8) is 0 Å². The molecule has 30 heavy (non-hydrogen) atoms. The number of fused-ring (bicyclic) bond motifs is 2. The van der Waals surface area contributed by atoms with Gasteiger partial charge in [0.2, 0.25) is 5.91 Å². The van der Waals surface area contributed by atoms with Crippen molar-refractivity contribution in [2.24, 2.45) is 7.05 Å². The van der Waals surface area contributed by atoms with Crippen molar-refractivity contribution in [3.8, 4) is 0 Å². The first-order valence-electron chi connectivity index (χ1n) is 10.1. The molecule has 6 nitrogen and oxygen atoms in total. The molecule has 0 spiro atoms. The molecule has 1 aliphatic carbocycles. The summed E-state index contributed by atoms with van der Waals surface area (Å²) in [6.07, 6.45) is 13.1. The number of carbonyl (C=O) groups is 1. The number of benzene rings is 1. The van der Waals surface area contributed by atoms with Crippen molar-refractivity contribution in [1.29, 1.82) is 0 Å². The third-order valence-electron chi connectivity index (χ3n) is 5.84. The first-order chi connectivity index (χ1) is 14.5. The highest BCUT2D eigenvalue weighted by atomic mass is 16.5. The number of ether oxygens (including phenoxy) is 1. The summed E-state index contributed by atoms with van der Waals surface area (Å²) < 4.78 is 7.03. The van der Waals surface area contributed by atoms with Crippen LogP contribution in [-0.2, 0) is 23.0 Å². The molecule has 0 bridgehead atoms. The number of methoxy groups -OCH3 is 1. The van der Waals surface area contributed by atoms with Gasteiger partial charge in [-0.25, -0.2) is 4.98 Å². The van der Waals surface area contributed by atoms with E-state index in [1.54, 1.807) is 6.33 Å². The SMILES string of the molecule is COCC(=O)N[C@H](C1=CC2=CC=CN(C)C2Cc2ccc(C)cc21)c1cncn1C. The van der Waals surface area contributed by atoms with Gasteiger partial charge >= 0.3 is 0 Å². The Bertz CT molecular complexity index is 1050. The lowest BCUT2D eigenvalue weighted by Crippen LogP contribution is -2.33. The molecule has 0 fully saturated rings. The molecular formula is C24H28N4O2. The predicted octanol–water partition coefficient (Wildman–Crippen LogP) is 2.93. The zero-order valence-corrected chi connectivity index (χ0v) is 17.9. The number of imidazole rings is 1. The normalized spacial score (nSPS) is 18.7. The highest BCUT2D eigenvalue weighted by Crippen LogP contribution is 2.38. The third-order valence-corrected chi connectivity index (χ3v) is 5.84. The van der Waals surface area contributed by atoms with E-state index < -0.39 is 0 Å². The van der Waals surface area contributed by atoms with E-state index >= 15 is 0 Å². The van der Waals surface area contributed by atoms with Crippen molar-refractivity contribution in [1.82, 2.24) is 19.8 Å². The van der Waals surface area contributed by atoms with E-state index in [1.807, 2.05) is 17.8 Å². The van der Waals surface area contributed by atoms with Gasteiger partial charge in [0.1, 0.15) is 6.61 Å². The van der Waals surface area contributed by atoms with Crippen LogP contribution in [0.2, 0.25) is 0 Å². The molecule has 1 unspecified atom stereocenters. The summed E-state index contributed by atoms with van der Waals surface area (Å²) in [5.74, 6) is -0.158. The zero-order valence-electron chi connectivity index (χ0n) is 17.9. The van der Waals surface area contributed by atoms with E-state index in [-0.39, 0.29) is 24.6 Å². The van der Waals surface area contributed by atoms with Gasteiger partial charge < -0.3 is 19.5 Å². The smallest absolute Gasteiger partial charge is 0.246 e. The van der Waals surface area contributed by atoms with E-state index in [4.69, 9.17) is 4.74 Å². The van der Waals surface area contributed by atoms with Gasteiger partial charge in [-0.3, -0.25) is 4.79 Å². The predicted molar refractivity (Wildman–Crippen MR) is 118 cm³/mol. The van der Waals surface area contributed by atoms with Crippen LogP contribution in [0.15, 0.2) is 60.7 Å². The Hall–Kier alpha value is -3.12. The number of aryl methyl sites for hydroxylation is 2. The molecule has 0 radical (unpaired) electrons. The van der Waals surface area contributed by atoms with Crippen molar-refractivity contribution in [3.05, 3.63) is 83.1 Å². The van der Waals surface area contributed by atoms with Crippen LogP contribution in [0.5, 0.6) is 0 Å². The second kappa shape index (κ2) is 8.32. The van der Waals surface area contributed by atoms with Crippen LogP contribution < -0.4 is 5.32 Å². The standard InChI is InChI=1S/C24H28N4O2/c1-16-7-8-17-12-21-18(6-5-9-27(21)2)11-20(19(17)10-16)24(26-23(29)14-30-4)22-13-25-15-28(22)3/h5-11,13,15,21,24H,12,14H2,1-4H3,(H,26,29)/t21?,24-/m1/s1. The van der Waals surface area contributed by atoms with Crippen LogP contribution in [0.4, 0.5) is 0 Å². The van der Waals surface area contributed by atoms with Crippen LogP contribution >= 0.6 is 0 Å². The number of aromatic nitrogens is 2. The van der Waals surface area contributed by atoms with E-state index in [0.29, 0.717) is 0 Å². The summed E-state index contributed by atoms with van der Waals surface area (Å²) in [6.45, 7) is 2.12. The average Bonchev–Trinajstić information content (AvgIpc) is 3.06. The molecule has 6 heteroatoms. The minimum atomic E-state index is -0.337. The number of rotatable bonds is 5. The Morgan fingerprint density at radius 2 is 2.20 bits per heavy atom. The van der Waals surface area contributed by atoms with Gasteiger partial charge in [0.15, 0.2) is 0 Å². The maximum absolute atomic E-state index is 12.6. The van der Waals surface area contributed by atoms with E-state index in [0.717, 1.165) is 17.7 Å². The van der Waals surface area contributed by atoms with E-state index in [2.05, 4.69) is 71.8 Å². The summed E-state index contributed by atoms with van der Waals surface area (Å²) in [5, 5.41) is 3.17. The van der Waals surface area contributed by atoms with Crippen LogP contribution in [-0.4, -0.2) is 47.2 Å². The van der Waals surface area contributed by atoms with Crippen molar-refractivity contribution >= 4 is 11.5 Å². The first kappa shape index (κ1) is 20.2. The second-order valence-corrected chi connectivity index (χ2v) is 8.02. The quantitative estimate of drug-likeness (QED) is 0.833. The first-order valence-corrected chi connectivity index (χ1v) is 10.1. The highest BCUT2D eigenvalue weighted by Gasteiger charge is 2.30. The number of allylic oxidation sites excluding steroid dienone is 2. The number of likely N-dealkylation sites (N-methyl/N-ethyl adjacent to an activating group) is 1. The molecule has 1 N–H and O–H groups in total. The molecule has 0 saturated carbocycles. The van der Waals surface area contributed by atoms with Crippen LogP contribution in [0.3, 0.4) is 0 Å². The van der Waals surface area contributed by atoms with E-state index in [9.17, 15) is 4.79 Å². The maximum Gasteiger partial charge on any atom is 0.246 e. The van der Waals surface area contributed by atoms with Gasteiger partial charge in [-0.05, 0) is 47.9 Å². The topological polar surface area (TPSA) is 59.4 Å². The molecule has 1 amide bonds. The molecule has 4 rings (SSSR count). The summed E-state index contributed by atoms with van der Waals surface area (Å²) in [7, 11) is 5.59. The maximum atomic E-state index is 12.6. The lowest BCUT2D eigenvalue weighted by Gasteiger charge is -2.30. The Balaban J connectivity index is 1.90. The largest absolute Gasteiger partial charge is 0.375 e. The van der Waals surface area contributed by atoms with Crippen molar-refractivity contribution in [2.45, 2.75) is 25.4 Å². The molecule has 1 aliphatic heterocycles. The third kappa shape index (κ3) is 3.83. The summed E-state index contributed by atoms with van der Waals surface area (Å²) >= 11 is 0. The Labute approximate surface area is 177 Å². The molecule has 2 atom stereocenters. The number of nitrogens with one attached hydrogen (secondary N) is 1. The van der Waals surface area contributed by atoms with Gasteiger partial charge in [-0.1, -0.05) is 35.9 Å². The fraction of sp³-hybridized carbons (Fsp3) is 0.333. The molecule has 1 aromatic heterocycles. The van der Waals surface area contributed by atoms with Gasteiger partial charge in [-0.2, -0.15) is 0 Å². The molecule has 2 heterocycles. The molecule has 0 saturated heterocycles. The highest BCUT2D eigenvalue weighted by molar-refractivity contribution is 5.84. The van der Waals surface area contributed by atoms with E-state index in [1.165, 1.54) is 29.4 Å². The van der Waals surface area contributed by atoms with Crippen LogP contribution in [0.1, 0.15) is 28.4 Å². The fourth-order valence-electron chi connectivity index (χ4n) is 4.28. The van der Waals surface area contributed by atoms with Crippen molar-refractivity contribution in [2.75, 3.05) is 20.8 Å². The minimum Gasteiger partial charge on any atom is -0.375 e. The average molecular weight is 405 g/mol. The summed E-state index contributed by atoms with van der Waals surface area (Å²) in [5.41, 5.74) is 6.86. The summed E-state index contributed by atoms with van der Waals surface area (Å²) in [6, 6.07) is 6.52. The van der Waals surface area contributed by atoms with Gasteiger partial charge in [0.25, 0.3) is 0 Å². The van der Waals surface area contributed by atoms with Crippen molar-refractivity contribution < 1.29 is 9.53 Å². The number of amides is 1. The molecule has 156 valence electrons. The van der Waals surface area contributed by atoms with Gasteiger partial charge in [-0.15, -0.1) is 0 Å². The number of nitrogens with zero attached hydrogens (tertiary/aromatic N) is 3. The molecule has 2 aromatic rings. The summed E-state index contributed by atoms with van der Waals surface area (Å²) in [4.78, 5) is 19.1. The Morgan fingerprint density at radius 3 is 2.93 bits per heavy atom. The number of carbonyl (C=O) groups excluding carboxylic acids is 1. The van der Waals surface area contributed by atoms with Gasteiger partial charge in [0, 0.05) is 21.2 Å². The molecular weight excluding hydrogens is 376 g/mol. The monoisotopic (exact) mass is 404 g/mol. The van der Waals surface area contributed by atoms with Gasteiger partial charge in [0.05, 0.1) is 30.3 Å². The fourth-order valence-corrected chi connectivity index (χ4v) is 4.28. The molecule has 2 aliphatic rings. The van der Waals surface area contributed by atoms with Crippen LogP contribution in [0.25, 0.3) is 5.57 Å². The van der Waals surface area contributed by atoms with Crippen LogP contribution in [0, 0.1) is 6.92 Å². The number of hydrogen-bond acceptors (Lipinski definition) is 4. The zero-order chi connectivity index (χ0) is 21.3. The Kier molecular flexibility index (Phi) is 5.59. The Morgan fingerprint density at radius 1 is 1.37 bits per heavy atom. The number of hydrogen-bond donors (Lipinski definition) is 1. The lowest BCUT2D eigenvalue weighted by atomic mass is 9.91. The molecule has 1 aromatic carbocycles. The second-order valence-electron chi connectivity index (χ2n) is 8.02. The minimum absolute atomic E-state index is 0.0130.